The third kappa shape index (κ3) is 2.46. The van der Waals surface area contributed by atoms with E-state index in [2.05, 4.69) is 5.10 Å². The summed E-state index contributed by atoms with van der Waals surface area (Å²) in [6.45, 7) is 1.96. The van der Waals surface area contributed by atoms with Crippen molar-refractivity contribution in [1.82, 2.24) is 9.78 Å². The lowest BCUT2D eigenvalue weighted by Crippen LogP contribution is -2.05. The molecule has 114 valence electrons. The van der Waals surface area contributed by atoms with E-state index in [0.717, 1.165) is 34.3 Å². The van der Waals surface area contributed by atoms with Gasteiger partial charge in [-0.3, -0.25) is 0 Å². The zero-order valence-corrected chi connectivity index (χ0v) is 12.4. The van der Waals surface area contributed by atoms with Crippen molar-refractivity contribution in [2.75, 3.05) is 0 Å². The standard InChI is InChI=1S/C16H12ClF3N2/c1-10-3-2-4-14-15(10)13(9-17)21-22(14)12-7-5-11(6-8-12)16(18,19)20/h2-8H,9H2,1H3. The topological polar surface area (TPSA) is 17.8 Å². The Morgan fingerprint density at radius 3 is 2.36 bits per heavy atom. The zero-order chi connectivity index (χ0) is 15.9. The summed E-state index contributed by atoms with van der Waals surface area (Å²) in [5.41, 5.74) is 2.47. The fraction of sp³-hybridized carbons (Fsp3) is 0.188. The van der Waals surface area contributed by atoms with Gasteiger partial charge in [-0.2, -0.15) is 18.3 Å². The van der Waals surface area contributed by atoms with Crippen molar-refractivity contribution in [2.45, 2.75) is 19.0 Å². The second kappa shape index (κ2) is 5.32. The molecule has 0 saturated heterocycles. The molecule has 1 heterocycles. The van der Waals surface area contributed by atoms with E-state index in [9.17, 15) is 13.2 Å². The van der Waals surface area contributed by atoms with E-state index in [4.69, 9.17) is 11.6 Å². The summed E-state index contributed by atoms with van der Waals surface area (Å²) in [6.07, 6.45) is -4.34. The number of benzene rings is 2. The second-order valence-corrected chi connectivity index (χ2v) is 5.27. The number of alkyl halides is 4. The average Bonchev–Trinajstić information content (AvgIpc) is 2.87. The van der Waals surface area contributed by atoms with E-state index >= 15 is 0 Å². The minimum atomic E-state index is -4.34. The summed E-state index contributed by atoms with van der Waals surface area (Å²) in [7, 11) is 0. The van der Waals surface area contributed by atoms with Crippen LogP contribution in [0.4, 0.5) is 13.2 Å². The van der Waals surface area contributed by atoms with Crippen LogP contribution in [0.1, 0.15) is 16.8 Å². The maximum atomic E-state index is 12.6. The van der Waals surface area contributed by atoms with E-state index in [1.807, 2.05) is 25.1 Å². The van der Waals surface area contributed by atoms with Gasteiger partial charge in [0, 0.05) is 5.39 Å². The van der Waals surface area contributed by atoms with Crippen molar-refractivity contribution in [3.05, 3.63) is 59.3 Å². The maximum absolute atomic E-state index is 12.6. The van der Waals surface area contributed by atoms with Crippen LogP contribution >= 0.6 is 11.6 Å². The lowest BCUT2D eigenvalue weighted by atomic mass is 10.1. The average molecular weight is 325 g/mol. The molecule has 2 nitrogen and oxygen atoms in total. The van der Waals surface area contributed by atoms with Gasteiger partial charge in [0.1, 0.15) is 0 Å². The molecule has 0 fully saturated rings. The highest BCUT2D eigenvalue weighted by Gasteiger charge is 2.30. The number of hydrogen-bond acceptors (Lipinski definition) is 1. The molecule has 0 aliphatic rings. The fourth-order valence-corrected chi connectivity index (χ4v) is 2.70. The van der Waals surface area contributed by atoms with Crippen LogP contribution in [-0.4, -0.2) is 9.78 Å². The molecule has 0 spiro atoms. The molecule has 3 aromatic rings. The number of aryl methyl sites for hydroxylation is 1. The number of hydrogen-bond donors (Lipinski definition) is 0. The summed E-state index contributed by atoms with van der Waals surface area (Å²) >= 11 is 5.94. The maximum Gasteiger partial charge on any atom is 0.416 e. The zero-order valence-electron chi connectivity index (χ0n) is 11.7. The van der Waals surface area contributed by atoms with Gasteiger partial charge in [0.2, 0.25) is 0 Å². The predicted molar refractivity (Wildman–Crippen MR) is 80.4 cm³/mol. The monoisotopic (exact) mass is 324 g/mol. The quantitative estimate of drug-likeness (QED) is 0.600. The molecule has 0 aliphatic carbocycles. The first-order valence-corrected chi connectivity index (χ1v) is 7.16. The van der Waals surface area contributed by atoms with Crippen LogP contribution in [0.25, 0.3) is 16.6 Å². The fourth-order valence-electron chi connectivity index (χ4n) is 2.51. The third-order valence-electron chi connectivity index (χ3n) is 3.55. The van der Waals surface area contributed by atoms with Crippen molar-refractivity contribution in [2.24, 2.45) is 0 Å². The molecule has 0 saturated carbocycles. The Hall–Kier alpha value is -2.01. The van der Waals surface area contributed by atoms with Crippen molar-refractivity contribution >= 4 is 22.5 Å². The lowest BCUT2D eigenvalue weighted by Gasteiger charge is -2.08. The van der Waals surface area contributed by atoms with Crippen LogP contribution in [0.5, 0.6) is 0 Å². The van der Waals surface area contributed by atoms with Gasteiger partial charge in [0.05, 0.1) is 28.3 Å². The highest BCUT2D eigenvalue weighted by atomic mass is 35.5. The van der Waals surface area contributed by atoms with Crippen LogP contribution in [0, 0.1) is 6.92 Å². The van der Waals surface area contributed by atoms with E-state index < -0.39 is 11.7 Å². The molecule has 0 unspecified atom stereocenters. The second-order valence-electron chi connectivity index (χ2n) is 5.01. The highest BCUT2D eigenvalue weighted by Crippen LogP contribution is 2.31. The van der Waals surface area contributed by atoms with Gasteiger partial charge in [0.25, 0.3) is 0 Å². The first-order chi connectivity index (χ1) is 10.4. The highest BCUT2D eigenvalue weighted by molar-refractivity contribution is 6.17. The van der Waals surface area contributed by atoms with Gasteiger partial charge < -0.3 is 0 Å². The van der Waals surface area contributed by atoms with Gasteiger partial charge in [-0.15, -0.1) is 11.6 Å². The van der Waals surface area contributed by atoms with E-state index in [-0.39, 0.29) is 5.88 Å². The van der Waals surface area contributed by atoms with Crippen molar-refractivity contribution in [3.63, 3.8) is 0 Å². The summed E-state index contributed by atoms with van der Waals surface area (Å²) in [5.74, 6) is 0.245. The van der Waals surface area contributed by atoms with Gasteiger partial charge in [-0.25, -0.2) is 4.68 Å². The predicted octanol–water partition coefficient (Wildman–Crippen LogP) is 5.09. The number of fused-ring (bicyclic) bond motifs is 1. The Labute approximate surface area is 130 Å². The molecule has 0 radical (unpaired) electrons. The SMILES string of the molecule is Cc1cccc2c1c(CCl)nn2-c1ccc(C(F)(F)F)cc1. The molecule has 1 aromatic heterocycles. The molecule has 6 heteroatoms. The Bertz CT molecular complexity index is 820. The summed E-state index contributed by atoms with van der Waals surface area (Å²) in [5, 5.41) is 5.38. The lowest BCUT2D eigenvalue weighted by molar-refractivity contribution is -0.137. The van der Waals surface area contributed by atoms with Crippen LogP contribution < -0.4 is 0 Å². The Kier molecular flexibility index (Phi) is 3.60. The summed E-state index contributed by atoms with van der Waals surface area (Å²) < 4.78 is 39.6. The van der Waals surface area contributed by atoms with Crippen LogP contribution in [0.3, 0.4) is 0 Å². The number of rotatable bonds is 2. The Morgan fingerprint density at radius 1 is 1.09 bits per heavy atom. The molecule has 2 aromatic carbocycles. The molecule has 22 heavy (non-hydrogen) atoms. The minimum absolute atomic E-state index is 0.245. The van der Waals surface area contributed by atoms with Crippen LogP contribution in [-0.2, 0) is 12.1 Å². The van der Waals surface area contributed by atoms with Gasteiger partial charge in [0.15, 0.2) is 0 Å². The summed E-state index contributed by atoms with van der Waals surface area (Å²) in [6, 6.07) is 10.7. The normalized spacial score (nSPS) is 12.0. The first kappa shape index (κ1) is 14.9. The molecule has 0 atom stereocenters. The van der Waals surface area contributed by atoms with Crippen molar-refractivity contribution in [3.8, 4) is 5.69 Å². The van der Waals surface area contributed by atoms with Crippen molar-refractivity contribution < 1.29 is 13.2 Å². The number of halogens is 4. The molecule has 3 rings (SSSR count). The van der Waals surface area contributed by atoms with Gasteiger partial charge >= 0.3 is 6.18 Å². The van der Waals surface area contributed by atoms with Gasteiger partial charge in [-0.05, 0) is 42.8 Å². The Morgan fingerprint density at radius 2 is 1.77 bits per heavy atom. The molecular formula is C16H12ClF3N2. The van der Waals surface area contributed by atoms with E-state index in [1.54, 1.807) is 4.68 Å². The third-order valence-corrected chi connectivity index (χ3v) is 3.81. The van der Waals surface area contributed by atoms with Crippen LogP contribution in [0.2, 0.25) is 0 Å². The molecule has 0 N–H and O–H groups in total. The molecule has 0 bridgehead atoms. The van der Waals surface area contributed by atoms with Gasteiger partial charge in [-0.1, -0.05) is 12.1 Å². The van der Waals surface area contributed by atoms with Crippen LogP contribution in [0.15, 0.2) is 42.5 Å². The smallest absolute Gasteiger partial charge is 0.233 e. The minimum Gasteiger partial charge on any atom is -0.233 e. The van der Waals surface area contributed by atoms with E-state index in [0.29, 0.717) is 5.69 Å². The molecule has 0 aliphatic heterocycles. The number of aromatic nitrogens is 2. The molecule has 0 amide bonds. The number of nitrogens with zero attached hydrogens (tertiary/aromatic N) is 2. The largest absolute Gasteiger partial charge is 0.416 e. The summed E-state index contributed by atoms with van der Waals surface area (Å²) in [4.78, 5) is 0. The Balaban J connectivity index is 2.17. The first-order valence-electron chi connectivity index (χ1n) is 6.62. The molecular weight excluding hydrogens is 313 g/mol. The van der Waals surface area contributed by atoms with Crippen molar-refractivity contribution in [1.29, 1.82) is 0 Å². The van der Waals surface area contributed by atoms with E-state index in [1.165, 1.54) is 12.1 Å².